The molecule has 4 nitrogen and oxygen atoms in total. The van der Waals surface area contributed by atoms with Gasteiger partial charge in [-0.05, 0) is 67.6 Å². The van der Waals surface area contributed by atoms with E-state index in [1.165, 1.54) is 0 Å². The molecule has 2 aromatic carbocycles. The minimum atomic E-state index is -1.15. The number of ketones is 1. The lowest BCUT2D eigenvalue weighted by Gasteiger charge is -2.16. The van der Waals surface area contributed by atoms with Gasteiger partial charge in [0.05, 0.1) is 18.2 Å². The van der Waals surface area contributed by atoms with Crippen LogP contribution in [0, 0.1) is 20.8 Å². The number of carbonyl (C=O) groups is 1. The van der Waals surface area contributed by atoms with Gasteiger partial charge in [-0.15, -0.1) is 0 Å². The van der Waals surface area contributed by atoms with Crippen molar-refractivity contribution in [2.75, 3.05) is 13.2 Å². The second-order valence-corrected chi connectivity index (χ2v) is 9.09. The van der Waals surface area contributed by atoms with Crippen molar-refractivity contribution in [1.29, 1.82) is 0 Å². The van der Waals surface area contributed by atoms with Crippen LogP contribution in [-0.2, 0) is 22.3 Å². The Morgan fingerprint density at radius 2 is 1.79 bits per heavy atom. The maximum Gasteiger partial charge on any atom is 0.179 e. The van der Waals surface area contributed by atoms with Crippen LogP contribution in [0.2, 0.25) is 5.02 Å². The van der Waals surface area contributed by atoms with E-state index < -0.39 is 10.8 Å². The first-order valence-corrected chi connectivity index (χ1v) is 11.2. The van der Waals surface area contributed by atoms with Crippen LogP contribution in [0.1, 0.15) is 51.5 Å². The number of carbonyl (C=O) groups excluding carboxylic acids is 1. The van der Waals surface area contributed by atoms with Gasteiger partial charge in [0.15, 0.2) is 17.3 Å². The van der Waals surface area contributed by atoms with Gasteiger partial charge in [0.2, 0.25) is 0 Å². The van der Waals surface area contributed by atoms with E-state index in [-0.39, 0.29) is 5.78 Å². The van der Waals surface area contributed by atoms with Crippen LogP contribution in [0.4, 0.5) is 0 Å². The van der Waals surface area contributed by atoms with E-state index in [0.29, 0.717) is 41.2 Å². The Labute approximate surface area is 173 Å². The highest BCUT2D eigenvalue weighted by molar-refractivity contribution is 7.83. The summed E-state index contributed by atoms with van der Waals surface area (Å²) in [5, 5.41) is 0.480. The third kappa shape index (κ3) is 4.41. The number of rotatable bonds is 5. The van der Waals surface area contributed by atoms with Crippen LogP contribution in [0.25, 0.3) is 0 Å². The molecular formula is C22H25ClO4S. The number of halogens is 1. The number of ether oxygens (including phenoxy) is 2. The van der Waals surface area contributed by atoms with E-state index in [1.807, 2.05) is 32.9 Å². The van der Waals surface area contributed by atoms with Gasteiger partial charge < -0.3 is 9.47 Å². The molecule has 1 aliphatic rings. The summed E-state index contributed by atoms with van der Waals surface area (Å²) in [5.74, 6) is 1.96. The van der Waals surface area contributed by atoms with Gasteiger partial charge >= 0.3 is 0 Å². The van der Waals surface area contributed by atoms with E-state index in [0.717, 1.165) is 39.8 Å². The summed E-state index contributed by atoms with van der Waals surface area (Å²) in [5.41, 5.74) is 5.51. The Bertz CT molecular complexity index is 952. The highest BCUT2D eigenvalue weighted by Gasteiger charge is 2.19. The lowest BCUT2D eigenvalue weighted by atomic mass is 9.92. The zero-order chi connectivity index (χ0) is 20.4. The first-order valence-electron chi connectivity index (χ1n) is 9.31. The third-order valence-electron chi connectivity index (χ3n) is 4.98. The molecule has 1 unspecified atom stereocenters. The molecule has 150 valence electrons. The number of Topliss-reactive ketones (excluding diaryl/α,β-unsaturated/α-hetero) is 1. The van der Waals surface area contributed by atoms with Crippen LogP contribution < -0.4 is 9.47 Å². The highest BCUT2D eigenvalue weighted by Crippen LogP contribution is 2.38. The van der Waals surface area contributed by atoms with Crippen molar-refractivity contribution in [2.45, 2.75) is 45.6 Å². The van der Waals surface area contributed by atoms with Gasteiger partial charge in [-0.3, -0.25) is 9.00 Å². The van der Waals surface area contributed by atoms with Crippen molar-refractivity contribution in [3.63, 3.8) is 0 Å². The predicted octanol–water partition coefficient (Wildman–Crippen LogP) is 5.08. The lowest BCUT2D eigenvalue weighted by Crippen LogP contribution is -2.09. The smallest absolute Gasteiger partial charge is 0.179 e. The van der Waals surface area contributed by atoms with Crippen LogP contribution in [-0.4, -0.2) is 23.2 Å². The molecular weight excluding hydrogens is 396 g/mol. The normalized spacial score (nSPS) is 14.5. The standard InChI is InChI=1S/C22H25ClO4S/c1-13-8-14(2)21(16(4)24)15(3)18(13)12-28(25)11-17-9-19(23)22-20(10-17)26-6-5-7-27-22/h8-10H,5-7,11-12H2,1-4H3. The minimum Gasteiger partial charge on any atom is -0.489 e. The van der Waals surface area contributed by atoms with E-state index in [1.54, 1.807) is 13.0 Å². The highest BCUT2D eigenvalue weighted by atomic mass is 35.5. The SMILES string of the molecule is CC(=O)c1c(C)cc(C)c(CS(=O)Cc2cc(Cl)c3c(c2)OCCCO3)c1C. The summed E-state index contributed by atoms with van der Waals surface area (Å²) in [6, 6.07) is 5.66. The average Bonchev–Trinajstić information content (AvgIpc) is 2.84. The number of aryl methyl sites for hydroxylation is 2. The summed E-state index contributed by atoms with van der Waals surface area (Å²) >= 11 is 6.35. The van der Waals surface area contributed by atoms with Crippen molar-refractivity contribution < 1.29 is 18.5 Å². The molecule has 3 rings (SSSR count). The molecule has 28 heavy (non-hydrogen) atoms. The zero-order valence-corrected chi connectivity index (χ0v) is 18.3. The number of benzene rings is 2. The van der Waals surface area contributed by atoms with Gasteiger partial charge in [-0.2, -0.15) is 0 Å². The summed E-state index contributed by atoms with van der Waals surface area (Å²) in [6.07, 6.45) is 0.802. The van der Waals surface area contributed by atoms with E-state index in [2.05, 4.69) is 0 Å². The Kier molecular flexibility index (Phi) is 6.46. The van der Waals surface area contributed by atoms with Gasteiger partial charge in [0.25, 0.3) is 0 Å². The second-order valence-electron chi connectivity index (χ2n) is 7.23. The van der Waals surface area contributed by atoms with Gasteiger partial charge in [0, 0.05) is 34.3 Å². The molecule has 0 saturated heterocycles. The molecule has 0 aliphatic carbocycles. The molecule has 1 aliphatic heterocycles. The molecule has 0 aromatic heterocycles. The average molecular weight is 421 g/mol. The fourth-order valence-electron chi connectivity index (χ4n) is 3.76. The first-order chi connectivity index (χ1) is 13.3. The summed E-state index contributed by atoms with van der Waals surface area (Å²) in [7, 11) is -1.15. The Hall–Kier alpha value is -1.85. The van der Waals surface area contributed by atoms with Gasteiger partial charge in [-0.25, -0.2) is 0 Å². The van der Waals surface area contributed by atoms with E-state index in [4.69, 9.17) is 21.1 Å². The van der Waals surface area contributed by atoms with Crippen molar-refractivity contribution >= 4 is 28.2 Å². The largest absolute Gasteiger partial charge is 0.489 e. The zero-order valence-electron chi connectivity index (χ0n) is 16.7. The van der Waals surface area contributed by atoms with Crippen molar-refractivity contribution in [3.05, 3.63) is 56.6 Å². The number of fused-ring (bicyclic) bond motifs is 1. The molecule has 0 spiro atoms. The Balaban J connectivity index is 1.84. The van der Waals surface area contributed by atoms with Crippen molar-refractivity contribution in [3.8, 4) is 11.5 Å². The lowest BCUT2D eigenvalue weighted by molar-refractivity contribution is 0.101. The number of hydrogen-bond acceptors (Lipinski definition) is 4. The van der Waals surface area contributed by atoms with E-state index in [9.17, 15) is 9.00 Å². The molecule has 0 bridgehead atoms. The Morgan fingerprint density at radius 3 is 2.50 bits per heavy atom. The third-order valence-corrected chi connectivity index (χ3v) is 6.52. The molecule has 0 amide bonds. The van der Waals surface area contributed by atoms with E-state index >= 15 is 0 Å². The fraction of sp³-hybridized carbons (Fsp3) is 0.409. The fourth-order valence-corrected chi connectivity index (χ4v) is 5.45. The topological polar surface area (TPSA) is 52.6 Å². The molecule has 1 heterocycles. The monoisotopic (exact) mass is 420 g/mol. The maximum absolute atomic E-state index is 12.9. The number of hydrogen-bond donors (Lipinski definition) is 0. The van der Waals surface area contributed by atoms with Crippen molar-refractivity contribution in [2.24, 2.45) is 0 Å². The summed E-state index contributed by atoms with van der Waals surface area (Å²) in [4.78, 5) is 12.0. The van der Waals surface area contributed by atoms with Crippen molar-refractivity contribution in [1.82, 2.24) is 0 Å². The summed E-state index contributed by atoms with van der Waals surface area (Å²) in [6.45, 7) is 8.60. The van der Waals surface area contributed by atoms with Crippen LogP contribution in [0.3, 0.4) is 0 Å². The molecule has 0 radical (unpaired) electrons. The maximum atomic E-state index is 12.9. The molecule has 0 fully saturated rings. The molecule has 6 heteroatoms. The molecule has 2 aromatic rings. The summed E-state index contributed by atoms with van der Waals surface area (Å²) < 4.78 is 24.3. The predicted molar refractivity (Wildman–Crippen MR) is 113 cm³/mol. The first kappa shape index (κ1) is 20.9. The van der Waals surface area contributed by atoms with Crippen LogP contribution in [0.5, 0.6) is 11.5 Å². The molecule has 0 N–H and O–H groups in total. The van der Waals surface area contributed by atoms with Gasteiger partial charge in [-0.1, -0.05) is 17.7 Å². The second kappa shape index (κ2) is 8.66. The van der Waals surface area contributed by atoms with Gasteiger partial charge in [0.1, 0.15) is 0 Å². The van der Waals surface area contributed by atoms with Crippen LogP contribution >= 0.6 is 11.6 Å². The quantitative estimate of drug-likeness (QED) is 0.633. The molecule has 1 atom stereocenters. The Morgan fingerprint density at radius 1 is 1.07 bits per heavy atom. The van der Waals surface area contributed by atoms with Crippen LogP contribution in [0.15, 0.2) is 18.2 Å². The molecule has 0 saturated carbocycles. The minimum absolute atomic E-state index is 0.0386.